The Balaban J connectivity index is 1.66. The SMILES string of the molecule is CN=C(NCCN1CCS(=O)(=O)CC1)NCC(C)Oc1cccc(C)c1. The number of benzene rings is 1. The zero-order valence-electron chi connectivity index (χ0n) is 15.9. The molecule has 0 radical (unpaired) electrons. The summed E-state index contributed by atoms with van der Waals surface area (Å²) in [6.07, 6.45) is 0.00245. The molecule has 1 aliphatic heterocycles. The van der Waals surface area contributed by atoms with Gasteiger partial charge in [0.05, 0.1) is 18.1 Å². The van der Waals surface area contributed by atoms with Crippen LogP contribution in [0.2, 0.25) is 0 Å². The molecule has 1 fully saturated rings. The first-order valence-electron chi connectivity index (χ1n) is 8.98. The average Bonchev–Trinajstić information content (AvgIpc) is 2.59. The van der Waals surface area contributed by atoms with Crippen molar-refractivity contribution in [3.8, 4) is 5.75 Å². The van der Waals surface area contributed by atoms with E-state index in [0.717, 1.165) is 12.3 Å². The summed E-state index contributed by atoms with van der Waals surface area (Å²) < 4.78 is 28.8. The number of ether oxygens (including phenoxy) is 1. The lowest BCUT2D eigenvalue weighted by molar-refractivity contribution is 0.223. The van der Waals surface area contributed by atoms with Crippen molar-refractivity contribution in [1.82, 2.24) is 15.5 Å². The highest BCUT2D eigenvalue weighted by Gasteiger charge is 2.20. The Morgan fingerprint density at radius 2 is 2.04 bits per heavy atom. The number of hydrogen-bond acceptors (Lipinski definition) is 5. The highest BCUT2D eigenvalue weighted by molar-refractivity contribution is 7.91. The van der Waals surface area contributed by atoms with Crippen molar-refractivity contribution < 1.29 is 13.2 Å². The smallest absolute Gasteiger partial charge is 0.191 e. The summed E-state index contributed by atoms with van der Waals surface area (Å²) in [7, 11) is -1.09. The predicted molar refractivity (Wildman–Crippen MR) is 106 cm³/mol. The van der Waals surface area contributed by atoms with E-state index in [1.54, 1.807) is 7.05 Å². The maximum Gasteiger partial charge on any atom is 0.191 e. The van der Waals surface area contributed by atoms with E-state index in [4.69, 9.17) is 4.74 Å². The lowest BCUT2D eigenvalue weighted by Gasteiger charge is -2.26. The van der Waals surface area contributed by atoms with Gasteiger partial charge in [-0.15, -0.1) is 0 Å². The average molecular weight is 383 g/mol. The van der Waals surface area contributed by atoms with Gasteiger partial charge in [-0.2, -0.15) is 0 Å². The molecular weight excluding hydrogens is 352 g/mol. The second-order valence-corrected chi connectivity index (χ2v) is 8.92. The van der Waals surface area contributed by atoms with E-state index in [1.165, 1.54) is 5.56 Å². The largest absolute Gasteiger partial charge is 0.489 e. The molecule has 1 aliphatic rings. The van der Waals surface area contributed by atoms with Crippen molar-refractivity contribution in [1.29, 1.82) is 0 Å². The van der Waals surface area contributed by atoms with E-state index in [0.29, 0.717) is 32.1 Å². The molecule has 7 nitrogen and oxygen atoms in total. The first kappa shape index (κ1) is 20.5. The third-order valence-electron chi connectivity index (χ3n) is 4.26. The fourth-order valence-electron chi connectivity index (χ4n) is 2.73. The van der Waals surface area contributed by atoms with Gasteiger partial charge in [-0.1, -0.05) is 12.1 Å². The molecule has 0 bridgehead atoms. The number of rotatable bonds is 7. The number of nitrogens with zero attached hydrogens (tertiary/aromatic N) is 2. The van der Waals surface area contributed by atoms with Crippen LogP contribution in [0.25, 0.3) is 0 Å². The summed E-state index contributed by atoms with van der Waals surface area (Å²) in [6.45, 7) is 7.42. The van der Waals surface area contributed by atoms with Gasteiger partial charge in [-0.25, -0.2) is 8.42 Å². The number of guanidine groups is 1. The molecule has 0 aliphatic carbocycles. The lowest BCUT2D eigenvalue weighted by atomic mass is 10.2. The number of hydrogen-bond donors (Lipinski definition) is 2. The van der Waals surface area contributed by atoms with Crippen LogP contribution in [0.15, 0.2) is 29.3 Å². The minimum atomic E-state index is -2.82. The van der Waals surface area contributed by atoms with Crippen LogP contribution in [0, 0.1) is 6.92 Å². The van der Waals surface area contributed by atoms with Crippen molar-refractivity contribution in [2.45, 2.75) is 20.0 Å². The van der Waals surface area contributed by atoms with Crippen molar-refractivity contribution in [3.05, 3.63) is 29.8 Å². The van der Waals surface area contributed by atoms with E-state index in [1.807, 2.05) is 38.1 Å². The molecule has 1 unspecified atom stereocenters. The standard InChI is InChI=1S/C18H30N4O3S/c1-15-5-4-6-17(13-15)25-16(2)14-21-18(19-3)20-7-8-22-9-11-26(23,24)12-10-22/h4-6,13,16H,7-12,14H2,1-3H3,(H2,19,20,21). The van der Waals surface area contributed by atoms with Crippen LogP contribution in [0.4, 0.5) is 0 Å². The molecule has 1 atom stereocenters. The molecule has 1 saturated heterocycles. The van der Waals surface area contributed by atoms with E-state index in [9.17, 15) is 8.42 Å². The minimum Gasteiger partial charge on any atom is -0.489 e. The van der Waals surface area contributed by atoms with Crippen molar-refractivity contribution >= 4 is 15.8 Å². The fourth-order valence-corrected chi connectivity index (χ4v) is 4.01. The highest BCUT2D eigenvalue weighted by Crippen LogP contribution is 2.13. The van der Waals surface area contributed by atoms with Crippen LogP contribution in [0.1, 0.15) is 12.5 Å². The first-order chi connectivity index (χ1) is 12.4. The second-order valence-electron chi connectivity index (χ2n) is 6.62. The minimum absolute atomic E-state index is 0.00245. The zero-order valence-corrected chi connectivity index (χ0v) is 16.7. The topological polar surface area (TPSA) is 83.0 Å². The summed E-state index contributed by atoms with van der Waals surface area (Å²) in [5.74, 6) is 2.10. The molecule has 0 spiro atoms. The molecule has 1 aromatic carbocycles. The number of nitrogens with one attached hydrogen (secondary N) is 2. The second kappa shape index (κ2) is 9.78. The summed E-state index contributed by atoms with van der Waals surface area (Å²) in [5, 5.41) is 6.51. The molecule has 8 heteroatoms. The Morgan fingerprint density at radius 1 is 1.31 bits per heavy atom. The molecule has 146 valence electrons. The molecule has 0 amide bonds. The number of aryl methyl sites for hydroxylation is 1. The van der Waals surface area contributed by atoms with Crippen molar-refractivity contribution in [2.75, 3.05) is 51.3 Å². The van der Waals surface area contributed by atoms with Gasteiger partial charge in [0.15, 0.2) is 15.8 Å². The van der Waals surface area contributed by atoms with Gasteiger partial charge in [0.25, 0.3) is 0 Å². The summed E-state index contributed by atoms with van der Waals surface area (Å²) in [6, 6.07) is 7.99. The zero-order chi connectivity index (χ0) is 19.0. The summed E-state index contributed by atoms with van der Waals surface area (Å²) in [5.41, 5.74) is 1.17. The fraction of sp³-hybridized carbons (Fsp3) is 0.611. The Kier molecular flexibility index (Phi) is 7.71. The Morgan fingerprint density at radius 3 is 2.69 bits per heavy atom. The van der Waals surface area contributed by atoms with Crippen LogP contribution in [-0.2, 0) is 9.84 Å². The molecule has 2 N–H and O–H groups in total. The predicted octanol–water partition coefficient (Wildman–Crippen LogP) is 0.658. The van der Waals surface area contributed by atoms with Gasteiger partial charge in [-0.05, 0) is 31.5 Å². The number of aliphatic imine (C=N–C) groups is 1. The van der Waals surface area contributed by atoms with Crippen molar-refractivity contribution in [2.24, 2.45) is 4.99 Å². The maximum absolute atomic E-state index is 11.4. The monoisotopic (exact) mass is 382 g/mol. The van der Waals surface area contributed by atoms with Crippen LogP contribution < -0.4 is 15.4 Å². The van der Waals surface area contributed by atoms with E-state index in [-0.39, 0.29) is 17.6 Å². The third kappa shape index (κ3) is 7.21. The Hall–Kier alpha value is -1.80. The van der Waals surface area contributed by atoms with E-state index >= 15 is 0 Å². The normalized spacial score (nSPS) is 19.0. The van der Waals surface area contributed by atoms with Gasteiger partial charge in [-0.3, -0.25) is 9.89 Å². The molecule has 0 saturated carbocycles. The first-order valence-corrected chi connectivity index (χ1v) is 10.8. The quantitative estimate of drug-likeness (QED) is 0.532. The van der Waals surface area contributed by atoms with Gasteiger partial charge >= 0.3 is 0 Å². The molecule has 1 aromatic rings. The van der Waals surface area contributed by atoms with E-state index in [2.05, 4.69) is 20.5 Å². The van der Waals surface area contributed by atoms with Gasteiger partial charge in [0.2, 0.25) is 0 Å². The lowest BCUT2D eigenvalue weighted by Crippen LogP contribution is -2.47. The Labute approximate surface area is 156 Å². The van der Waals surface area contributed by atoms with Crippen LogP contribution in [0.5, 0.6) is 5.75 Å². The molecule has 0 aromatic heterocycles. The third-order valence-corrected chi connectivity index (χ3v) is 5.87. The number of sulfone groups is 1. The highest BCUT2D eigenvalue weighted by atomic mass is 32.2. The van der Waals surface area contributed by atoms with E-state index < -0.39 is 9.84 Å². The molecule has 1 heterocycles. The van der Waals surface area contributed by atoms with Gasteiger partial charge in [0.1, 0.15) is 11.9 Å². The van der Waals surface area contributed by atoms with Crippen LogP contribution in [0.3, 0.4) is 0 Å². The van der Waals surface area contributed by atoms with Crippen LogP contribution >= 0.6 is 0 Å². The summed E-state index contributed by atoms with van der Waals surface area (Å²) in [4.78, 5) is 6.37. The summed E-state index contributed by atoms with van der Waals surface area (Å²) >= 11 is 0. The van der Waals surface area contributed by atoms with Crippen molar-refractivity contribution in [3.63, 3.8) is 0 Å². The Bertz CT molecular complexity index is 692. The van der Waals surface area contributed by atoms with Crippen LogP contribution in [-0.4, -0.2) is 76.7 Å². The maximum atomic E-state index is 11.4. The molecule has 2 rings (SSSR count). The van der Waals surface area contributed by atoms with Gasteiger partial charge < -0.3 is 15.4 Å². The molecular formula is C18H30N4O3S. The molecule has 26 heavy (non-hydrogen) atoms. The van der Waals surface area contributed by atoms with Gasteiger partial charge in [0, 0.05) is 33.2 Å².